The molecule has 0 atom stereocenters. The number of halogens is 1. The maximum Gasteiger partial charge on any atom is 0.230 e. The van der Waals surface area contributed by atoms with Crippen molar-refractivity contribution in [1.82, 2.24) is 10.1 Å². The minimum Gasteiger partial charge on any atom is -0.494 e. The van der Waals surface area contributed by atoms with Gasteiger partial charge in [-0.3, -0.25) is 9.59 Å². The van der Waals surface area contributed by atoms with Gasteiger partial charge in [-0.2, -0.15) is 4.98 Å². The maximum absolute atomic E-state index is 15.0. The number of hydrogen-bond donors (Lipinski definition) is 0. The second-order valence-electron chi connectivity index (χ2n) is 11.5. The molecule has 0 spiro atoms. The zero-order valence-electron chi connectivity index (χ0n) is 24.0. The van der Waals surface area contributed by atoms with Crippen LogP contribution in [0.3, 0.4) is 0 Å². The van der Waals surface area contributed by atoms with Gasteiger partial charge in [0.25, 0.3) is 0 Å². The van der Waals surface area contributed by atoms with Gasteiger partial charge in [0.1, 0.15) is 17.3 Å². The topological polar surface area (TPSA) is 85.5 Å². The van der Waals surface area contributed by atoms with E-state index in [1.807, 2.05) is 52.0 Å². The molecule has 40 heavy (non-hydrogen) atoms. The largest absolute Gasteiger partial charge is 0.494 e. The summed E-state index contributed by atoms with van der Waals surface area (Å²) < 4.78 is 25.9. The number of benzene rings is 2. The van der Waals surface area contributed by atoms with Crippen LogP contribution >= 0.6 is 0 Å². The quantitative estimate of drug-likeness (QED) is 0.238. The van der Waals surface area contributed by atoms with E-state index >= 15 is 0 Å². The molecule has 2 aromatic carbocycles. The summed E-state index contributed by atoms with van der Waals surface area (Å²) in [7, 11) is 0. The lowest BCUT2D eigenvalue weighted by molar-refractivity contribution is -0.126. The van der Waals surface area contributed by atoms with Crippen LogP contribution in [-0.2, 0) is 21.4 Å². The van der Waals surface area contributed by atoms with E-state index in [1.54, 1.807) is 17.0 Å². The number of anilines is 1. The van der Waals surface area contributed by atoms with E-state index < -0.39 is 0 Å². The van der Waals surface area contributed by atoms with E-state index in [1.165, 1.54) is 6.07 Å². The Bertz CT molecular complexity index is 1290. The van der Waals surface area contributed by atoms with Crippen molar-refractivity contribution in [1.29, 1.82) is 0 Å². The second-order valence-corrected chi connectivity index (χ2v) is 11.5. The molecule has 0 bridgehead atoms. The predicted molar refractivity (Wildman–Crippen MR) is 153 cm³/mol. The molecule has 214 valence electrons. The summed E-state index contributed by atoms with van der Waals surface area (Å²) in [5.74, 6) is 1.72. The minimum absolute atomic E-state index is 0.00321. The van der Waals surface area contributed by atoms with Gasteiger partial charge in [-0.25, -0.2) is 4.39 Å². The minimum atomic E-state index is -0.349. The van der Waals surface area contributed by atoms with Crippen LogP contribution < -0.4 is 9.64 Å². The molecule has 0 saturated heterocycles. The Balaban J connectivity index is 1.47. The van der Waals surface area contributed by atoms with Gasteiger partial charge in [0.05, 0.1) is 6.61 Å². The van der Waals surface area contributed by atoms with Crippen LogP contribution in [0.1, 0.15) is 84.4 Å². The van der Waals surface area contributed by atoms with E-state index in [4.69, 9.17) is 9.26 Å². The first kappa shape index (κ1) is 29.4. The Labute approximate surface area is 236 Å². The highest BCUT2D eigenvalue weighted by Gasteiger charge is 2.29. The number of ether oxygens (including phenoxy) is 1. The molecule has 1 aliphatic carbocycles. The van der Waals surface area contributed by atoms with Crippen molar-refractivity contribution in [2.75, 3.05) is 18.1 Å². The summed E-state index contributed by atoms with van der Waals surface area (Å²) in [4.78, 5) is 31.8. The van der Waals surface area contributed by atoms with E-state index in [2.05, 4.69) is 10.1 Å². The first-order chi connectivity index (χ1) is 19.2. The highest BCUT2D eigenvalue weighted by molar-refractivity contribution is 5.97. The average Bonchev–Trinajstić information content (AvgIpc) is 3.42. The smallest absolute Gasteiger partial charge is 0.230 e. The van der Waals surface area contributed by atoms with E-state index in [0.717, 1.165) is 25.0 Å². The Morgan fingerprint density at radius 1 is 1.07 bits per heavy atom. The van der Waals surface area contributed by atoms with Crippen molar-refractivity contribution in [3.63, 3.8) is 0 Å². The second kappa shape index (κ2) is 13.2. The molecular formula is C32H40FN3O4. The van der Waals surface area contributed by atoms with Crippen molar-refractivity contribution in [2.24, 2.45) is 5.92 Å². The molecule has 4 rings (SSSR count). The number of rotatable bonds is 11. The number of aromatic nitrogens is 2. The normalized spacial score (nSPS) is 14.4. The first-order valence-corrected chi connectivity index (χ1v) is 14.3. The van der Waals surface area contributed by atoms with Crippen LogP contribution in [0.5, 0.6) is 5.75 Å². The van der Waals surface area contributed by atoms with Crippen LogP contribution in [0.15, 0.2) is 47.0 Å². The third kappa shape index (κ3) is 7.55. The summed E-state index contributed by atoms with van der Waals surface area (Å²) >= 11 is 0. The monoisotopic (exact) mass is 549 g/mol. The highest BCUT2D eigenvalue weighted by Crippen LogP contribution is 2.32. The number of Topliss-reactive ketones (excluding diaryl/α,β-unsaturated/α-hetero) is 1. The van der Waals surface area contributed by atoms with E-state index in [9.17, 15) is 14.0 Å². The SMILES string of the molecule is CCOc1ccc(-c2cc(N(CCCCCc3nc(C(C)(C)C)no3)C(=O)C3CCC(=O)CC3)ccc2F)cc1. The molecule has 1 aliphatic rings. The number of hydrogen-bond acceptors (Lipinski definition) is 6. The third-order valence-corrected chi connectivity index (χ3v) is 7.31. The number of carbonyl (C=O) groups is 2. The maximum atomic E-state index is 15.0. The molecule has 1 amide bonds. The number of carbonyl (C=O) groups excluding carboxylic acids is 2. The lowest BCUT2D eigenvalue weighted by atomic mass is 9.87. The zero-order valence-corrected chi connectivity index (χ0v) is 24.0. The van der Waals surface area contributed by atoms with Crippen LogP contribution in [-0.4, -0.2) is 35.0 Å². The lowest BCUT2D eigenvalue weighted by Gasteiger charge is -2.29. The number of nitrogens with zero attached hydrogens (tertiary/aromatic N) is 3. The molecule has 0 N–H and O–H groups in total. The first-order valence-electron chi connectivity index (χ1n) is 14.3. The highest BCUT2D eigenvalue weighted by atomic mass is 19.1. The summed E-state index contributed by atoms with van der Waals surface area (Å²) in [6.45, 7) is 9.12. The van der Waals surface area contributed by atoms with Gasteiger partial charge in [-0.05, 0) is 68.5 Å². The van der Waals surface area contributed by atoms with Crippen molar-refractivity contribution < 1.29 is 23.2 Å². The van der Waals surface area contributed by atoms with Crippen molar-refractivity contribution in [3.05, 3.63) is 60.0 Å². The average molecular weight is 550 g/mol. The molecule has 0 unspecified atom stereocenters. The molecule has 1 heterocycles. The third-order valence-electron chi connectivity index (χ3n) is 7.31. The Morgan fingerprint density at radius 2 is 1.80 bits per heavy atom. The van der Waals surface area contributed by atoms with Crippen molar-refractivity contribution >= 4 is 17.4 Å². The number of amides is 1. The van der Waals surface area contributed by atoms with Gasteiger partial charge < -0.3 is 14.2 Å². The fourth-order valence-corrected chi connectivity index (χ4v) is 4.96. The molecule has 7 nitrogen and oxygen atoms in total. The van der Waals surface area contributed by atoms with Crippen LogP contribution in [0.2, 0.25) is 0 Å². The van der Waals surface area contributed by atoms with Crippen molar-refractivity contribution in [3.8, 4) is 16.9 Å². The molecular weight excluding hydrogens is 509 g/mol. The van der Waals surface area contributed by atoms with Gasteiger partial charge in [0.2, 0.25) is 11.8 Å². The summed E-state index contributed by atoms with van der Waals surface area (Å²) in [6.07, 6.45) is 5.17. The van der Waals surface area contributed by atoms with E-state index in [-0.39, 0.29) is 28.8 Å². The Morgan fingerprint density at radius 3 is 2.45 bits per heavy atom. The summed E-state index contributed by atoms with van der Waals surface area (Å²) in [5, 5.41) is 4.09. The standard InChI is InChI=1S/C32H40FN3O4/c1-5-39-26-17-12-22(13-18-26)27-21-24(14-19-28(27)33)36(30(38)23-10-15-25(37)16-11-23)20-8-6-7-9-29-34-31(35-40-29)32(2,3)4/h12-14,17-19,21,23H,5-11,15-16,20H2,1-4H3. The molecule has 0 radical (unpaired) electrons. The van der Waals surface area contributed by atoms with Gasteiger partial charge in [0.15, 0.2) is 5.82 Å². The van der Waals surface area contributed by atoms with E-state index in [0.29, 0.717) is 73.8 Å². The fraction of sp³-hybridized carbons (Fsp3) is 0.500. The Kier molecular flexibility index (Phi) is 9.71. The fourth-order valence-electron chi connectivity index (χ4n) is 4.96. The predicted octanol–water partition coefficient (Wildman–Crippen LogP) is 7.08. The molecule has 1 fully saturated rings. The number of ketones is 1. The number of aryl methyl sites for hydroxylation is 1. The van der Waals surface area contributed by atoms with Crippen LogP contribution in [0.4, 0.5) is 10.1 Å². The van der Waals surface area contributed by atoms with Gasteiger partial charge in [-0.1, -0.05) is 44.5 Å². The molecule has 1 saturated carbocycles. The van der Waals surface area contributed by atoms with Gasteiger partial charge >= 0.3 is 0 Å². The van der Waals surface area contributed by atoms with Crippen molar-refractivity contribution in [2.45, 2.75) is 84.5 Å². The van der Waals surface area contributed by atoms with Gasteiger partial charge in [-0.15, -0.1) is 0 Å². The summed E-state index contributed by atoms with van der Waals surface area (Å²) in [5.41, 5.74) is 1.65. The zero-order chi connectivity index (χ0) is 28.7. The molecule has 8 heteroatoms. The lowest BCUT2D eigenvalue weighted by Crippen LogP contribution is -2.38. The number of unbranched alkanes of at least 4 members (excludes halogenated alkanes) is 2. The Hall–Kier alpha value is -3.55. The molecule has 3 aromatic rings. The summed E-state index contributed by atoms with van der Waals surface area (Å²) in [6, 6.07) is 12.1. The van der Waals surface area contributed by atoms with Crippen LogP contribution in [0, 0.1) is 11.7 Å². The van der Waals surface area contributed by atoms with Crippen LogP contribution in [0.25, 0.3) is 11.1 Å². The van der Waals surface area contributed by atoms with Gasteiger partial charge in [0, 0.05) is 48.4 Å². The molecule has 1 aromatic heterocycles. The molecule has 0 aliphatic heterocycles.